The van der Waals surface area contributed by atoms with Crippen LogP contribution < -0.4 is 21.1 Å². The molecule has 0 bridgehead atoms. The molecular formula is C22H21F6N3O3. The van der Waals surface area contributed by atoms with Crippen molar-refractivity contribution in [2.24, 2.45) is 5.73 Å². The molecule has 2 aromatic carbocycles. The maximum Gasteiger partial charge on any atom is 0.416 e. The van der Waals surface area contributed by atoms with Crippen molar-refractivity contribution < 1.29 is 40.7 Å². The van der Waals surface area contributed by atoms with Crippen LogP contribution in [0.25, 0.3) is 0 Å². The summed E-state index contributed by atoms with van der Waals surface area (Å²) in [5, 5.41) is 5.04. The minimum atomic E-state index is -4.64. The lowest BCUT2D eigenvalue weighted by atomic mass is 9.93. The minimum absolute atomic E-state index is 0.00868. The summed E-state index contributed by atoms with van der Waals surface area (Å²) in [4.78, 5) is 23.8. The van der Waals surface area contributed by atoms with Crippen molar-refractivity contribution in [2.45, 2.75) is 50.2 Å². The van der Waals surface area contributed by atoms with E-state index in [1.54, 1.807) is 0 Å². The van der Waals surface area contributed by atoms with Crippen LogP contribution in [0, 0.1) is 0 Å². The van der Waals surface area contributed by atoms with Crippen molar-refractivity contribution in [2.75, 3.05) is 5.32 Å². The van der Waals surface area contributed by atoms with E-state index in [1.807, 2.05) is 0 Å². The molecule has 34 heavy (non-hydrogen) atoms. The van der Waals surface area contributed by atoms with E-state index >= 15 is 0 Å². The van der Waals surface area contributed by atoms with Gasteiger partial charge < -0.3 is 21.1 Å². The Hall–Kier alpha value is -3.44. The molecule has 184 valence electrons. The predicted molar refractivity (Wildman–Crippen MR) is 110 cm³/mol. The Balaban J connectivity index is 1.54. The molecule has 0 heterocycles. The van der Waals surface area contributed by atoms with E-state index in [-0.39, 0.29) is 23.0 Å². The Kier molecular flexibility index (Phi) is 7.27. The SMILES string of the molecule is NC(=O)c1cc(C(F)(F)F)ccc1O[C@H]1CC[C@H](NC(=O)Nc2cccc(C(F)(F)F)c2)CC1. The lowest BCUT2D eigenvalue weighted by Crippen LogP contribution is -2.41. The summed E-state index contributed by atoms with van der Waals surface area (Å²) in [7, 11) is 0. The number of ether oxygens (including phenoxy) is 1. The first-order valence-electron chi connectivity index (χ1n) is 10.3. The van der Waals surface area contributed by atoms with Crippen molar-refractivity contribution in [1.29, 1.82) is 0 Å². The van der Waals surface area contributed by atoms with Gasteiger partial charge in [-0.25, -0.2) is 4.79 Å². The first kappa shape index (κ1) is 25.2. The van der Waals surface area contributed by atoms with Crippen LogP contribution in [0.4, 0.5) is 36.8 Å². The maximum atomic E-state index is 12.9. The van der Waals surface area contributed by atoms with Crippen LogP contribution in [0.2, 0.25) is 0 Å². The Morgan fingerprint density at radius 2 is 1.50 bits per heavy atom. The second-order valence-corrected chi connectivity index (χ2v) is 7.84. The Bertz CT molecular complexity index is 1050. The van der Waals surface area contributed by atoms with Crippen molar-refractivity contribution in [3.8, 4) is 5.75 Å². The van der Waals surface area contributed by atoms with Crippen LogP contribution in [0.3, 0.4) is 0 Å². The number of benzene rings is 2. The van der Waals surface area contributed by atoms with Gasteiger partial charge in [-0.2, -0.15) is 26.3 Å². The molecule has 0 saturated heterocycles. The highest BCUT2D eigenvalue weighted by atomic mass is 19.4. The molecule has 4 N–H and O–H groups in total. The number of anilines is 1. The van der Waals surface area contributed by atoms with E-state index in [2.05, 4.69) is 10.6 Å². The van der Waals surface area contributed by atoms with Crippen molar-refractivity contribution >= 4 is 17.6 Å². The predicted octanol–water partition coefficient (Wildman–Crippen LogP) is 5.33. The van der Waals surface area contributed by atoms with Gasteiger partial charge in [-0.05, 0) is 62.1 Å². The summed E-state index contributed by atoms with van der Waals surface area (Å²) in [6.45, 7) is 0. The van der Waals surface area contributed by atoms with Gasteiger partial charge in [0.05, 0.1) is 22.8 Å². The number of nitrogens with one attached hydrogen (secondary N) is 2. The largest absolute Gasteiger partial charge is 0.490 e. The number of hydrogen-bond acceptors (Lipinski definition) is 3. The average molecular weight is 489 g/mol. The van der Waals surface area contributed by atoms with Crippen molar-refractivity contribution in [3.05, 3.63) is 59.2 Å². The second-order valence-electron chi connectivity index (χ2n) is 7.84. The normalized spacial score (nSPS) is 18.8. The first-order chi connectivity index (χ1) is 15.8. The highest BCUT2D eigenvalue weighted by Crippen LogP contribution is 2.34. The van der Waals surface area contributed by atoms with E-state index in [0.717, 1.165) is 24.3 Å². The van der Waals surface area contributed by atoms with Gasteiger partial charge in [-0.3, -0.25) is 4.79 Å². The third kappa shape index (κ3) is 6.55. The molecule has 3 rings (SSSR count). The summed E-state index contributed by atoms with van der Waals surface area (Å²) in [5.41, 5.74) is 2.91. The number of amides is 3. The lowest BCUT2D eigenvalue weighted by Gasteiger charge is -2.30. The topological polar surface area (TPSA) is 93.5 Å². The number of alkyl halides is 6. The molecule has 1 aliphatic carbocycles. The van der Waals surface area contributed by atoms with Crippen LogP contribution in [0.1, 0.15) is 47.2 Å². The number of carbonyl (C=O) groups excluding carboxylic acids is 2. The highest BCUT2D eigenvalue weighted by Gasteiger charge is 2.33. The van der Waals surface area contributed by atoms with Gasteiger partial charge in [0, 0.05) is 11.7 Å². The van der Waals surface area contributed by atoms with Crippen molar-refractivity contribution in [3.63, 3.8) is 0 Å². The van der Waals surface area contributed by atoms with E-state index in [9.17, 15) is 35.9 Å². The molecule has 0 aliphatic heterocycles. The molecule has 12 heteroatoms. The summed E-state index contributed by atoms with van der Waals surface area (Å²) in [6.07, 6.45) is -7.84. The fourth-order valence-electron chi connectivity index (χ4n) is 3.63. The minimum Gasteiger partial charge on any atom is -0.490 e. The third-order valence-electron chi connectivity index (χ3n) is 5.32. The monoisotopic (exact) mass is 489 g/mol. The van der Waals surface area contributed by atoms with Gasteiger partial charge in [-0.15, -0.1) is 0 Å². The molecule has 0 unspecified atom stereocenters. The summed E-state index contributed by atoms with van der Waals surface area (Å²) in [6, 6.07) is 5.78. The lowest BCUT2D eigenvalue weighted by molar-refractivity contribution is -0.138. The summed E-state index contributed by atoms with van der Waals surface area (Å²) in [5.74, 6) is -1.11. The summed E-state index contributed by atoms with van der Waals surface area (Å²) >= 11 is 0. The molecule has 0 spiro atoms. The number of carbonyl (C=O) groups is 2. The van der Waals surface area contributed by atoms with E-state index in [4.69, 9.17) is 10.5 Å². The Morgan fingerprint density at radius 1 is 0.882 bits per heavy atom. The molecule has 0 radical (unpaired) electrons. The van der Waals surface area contributed by atoms with Crippen LogP contribution in [-0.2, 0) is 12.4 Å². The van der Waals surface area contributed by atoms with Gasteiger partial charge in [0.1, 0.15) is 5.75 Å². The number of urea groups is 1. The van der Waals surface area contributed by atoms with Crippen LogP contribution in [-0.4, -0.2) is 24.1 Å². The quantitative estimate of drug-likeness (QED) is 0.496. The zero-order chi connectivity index (χ0) is 25.1. The molecule has 0 aromatic heterocycles. The van der Waals surface area contributed by atoms with Gasteiger partial charge in [0.15, 0.2) is 0 Å². The number of rotatable bonds is 5. The average Bonchev–Trinajstić information content (AvgIpc) is 2.74. The van der Waals surface area contributed by atoms with Gasteiger partial charge >= 0.3 is 18.4 Å². The molecule has 1 saturated carbocycles. The van der Waals surface area contributed by atoms with Crippen LogP contribution in [0.5, 0.6) is 5.75 Å². The second kappa shape index (κ2) is 9.82. The van der Waals surface area contributed by atoms with Crippen LogP contribution in [0.15, 0.2) is 42.5 Å². The molecule has 0 atom stereocenters. The molecular weight excluding hydrogens is 468 g/mol. The standard InChI is InChI=1S/C22H21F6N3O3/c23-21(24,25)12-2-1-3-15(10-12)31-20(33)30-14-5-7-16(8-6-14)34-18-9-4-13(22(26,27)28)11-17(18)19(29)32/h1-4,9-11,14,16H,5-8H2,(H2,29,32)(H2,30,31,33)/t14-,16-. The number of nitrogens with two attached hydrogens (primary N) is 1. The highest BCUT2D eigenvalue weighted by molar-refractivity contribution is 5.95. The van der Waals surface area contributed by atoms with Gasteiger partial charge in [-0.1, -0.05) is 6.07 Å². The Labute approximate surface area is 190 Å². The molecule has 1 aliphatic rings. The molecule has 3 amide bonds. The smallest absolute Gasteiger partial charge is 0.416 e. The maximum absolute atomic E-state index is 12.9. The van der Waals surface area contributed by atoms with E-state index < -0.39 is 41.5 Å². The van der Waals surface area contributed by atoms with Gasteiger partial charge in [0.2, 0.25) is 0 Å². The van der Waals surface area contributed by atoms with E-state index in [1.165, 1.54) is 12.1 Å². The van der Waals surface area contributed by atoms with E-state index in [0.29, 0.717) is 31.7 Å². The first-order valence-corrected chi connectivity index (χ1v) is 10.3. The third-order valence-corrected chi connectivity index (χ3v) is 5.32. The van der Waals surface area contributed by atoms with Gasteiger partial charge in [0.25, 0.3) is 5.91 Å². The van der Waals surface area contributed by atoms with Crippen molar-refractivity contribution in [1.82, 2.24) is 5.32 Å². The zero-order valence-corrected chi connectivity index (χ0v) is 17.6. The number of primary amides is 1. The fraction of sp³-hybridized carbons (Fsp3) is 0.364. The number of halogens is 6. The van der Waals surface area contributed by atoms with Crippen LogP contribution >= 0.6 is 0 Å². The Morgan fingerprint density at radius 3 is 2.09 bits per heavy atom. The molecule has 1 fully saturated rings. The summed E-state index contributed by atoms with van der Waals surface area (Å²) < 4.78 is 82.8. The fourth-order valence-corrected chi connectivity index (χ4v) is 3.63. The zero-order valence-electron chi connectivity index (χ0n) is 17.6. The molecule has 6 nitrogen and oxygen atoms in total. The number of hydrogen-bond donors (Lipinski definition) is 3. The molecule has 2 aromatic rings.